The Labute approximate surface area is 81.1 Å². The standard InChI is InChI=1S/C8H16F4N2/c1-5(2)13-7(9,10)8(11,12)14-6(3)4/h5-6,13-14H,1-4H3. The van der Waals surface area contributed by atoms with Crippen molar-refractivity contribution in [3.63, 3.8) is 0 Å². The quantitative estimate of drug-likeness (QED) is 0.543. The second-order valence-electron chi connectivity index (χ2n) is 3.75. The molecule has 0 bridgehead atoms. The summed E-state index contributed by atoms with van der Waals surface area (Å²) in [6, 6.07) is -9.92. The summed E-state index contributed by atoms with van der Waals surface area (Å²) in [5.74, 6) is 0. The number of hydrogen-bond acceptors (Lipinski definition) is 2. The third kappa shape index (κ3) is 3.79. The van der Waals surface area contributed by atoms with Crippen LogP contribution in [0.3, 0.4) is 0 Å². The smallest absolute Gasteiger partial charge is 0.249 e. The maximum Gasteiger partial charge on any atom is 0.380 e. The average Bonchev–Trinajstić information content (AvgIpc) is 1.78. The third-order valence-electron chi connectivity index (χ3n) is 1.33. The molecule has 2 N–H and O–H groups in total. The minimum absolute atomic E-state index is 0.718. The Morgan fingerprint density at radius 3 is 1.07 bits per heavy atom. The van der Waals surface area contributed by atoms with Crippen LogP contribution in [0.4, 0.5) is 17.6 Å². The number of rotatable bonds is 5. The summed E-state index contributed by atoms with van der Waals surface area (Å²) in [6.45, 7) is 5.50. The fourth-order valence-corrected chi connectivity index (χ4v) is 0.906. The van der Waals surface area contributed by atoms with Crippen LogP contribution in [0.5, 0.6) is 0 Å². The molecule has 0 heterocycles. The number of nitrogens with one attached hydrogen (secondary N) is 2. The van der Waals surface area contributed by atoms with Crippen molar-refractivity contribution in [1.82, 2.24) is 10.6 Å². The highest BCUT2D eigenvalue weighted by atomic mass is 19.3. The molecule has 0 spiro atoms. The molecule has 0 saturated carbocycles. The first-order chi connectivity index (χ1) is 6.08. The van der Waals surface area contributed by atoms with Crippen molar-refractivity contribution in [3.05, 3.63) is 0 Å². The van der Waals surface area contributed by atoms with Gasteiger partial charge < -0.3 is 0 Å². The van der Waals surface area contributed by atoms with Crippen LogP contribution in [-0.2, 0) is 0 Å². The normalized spacial score (nSPS) is 14.1. The third-order valence-corrected chi connectivity index (χ3v) is 1.33. The van der Waals surface area contributed by atoms with Gasteiger partial charge in [-0.1, -0.05) is 0 Å². The fraction of sp³-hybridized carbons (Fsp3) is 1.00. The summed E-state index contributed by atoms with van der Waals surface area (Å²) in [4.78, 5) is 0. The van der Waals surface area contributed by atoms with E-state index in [-0.39, 0.29) is 0 Å². The lowest BCUT2D eigenvalue weighted by Gasteiger charge is -2.30. The first-order valence-corrected chi connectivity index (χ1v) is 4.39. The molecule has 0 unspecified atom stereocenters. The van der Waals surface area contributed by atoms with Crippen LogP contribution < -0.4 is 10.6 Å². The van der Waals surface area contributed by atoms with Gasteiger partial charge in [0.05, 0.1) is 0 Å². The summed E-state index contributed by atoms with van der Waals surface area (Å²) in [5, 5.41) is 3.04. The molecule has 6 heteroatoms. The molecule has 14 heavy (non-hydrogen) atoms. The first kappa shape index (κ1) is 13.6. The Morgan fingerprint density at radius 2 is 0.929 bits per heavy atom. The van der Waals surface area contributed by atoms with Crippen molar-refractivity contribution in [2.24, 2.45) is 0 Å². The van der Waals surface area contributed by atoms with Gasteiger partial charge in [-0.05, 0) is 27.7 Å². The van der Waals surface area contributed by atoms with Gasteiger partial charge in [0.1, 0.15) is 0 Å². The molecule has 0 aliphatic rings. The Morgan fingerprint density at radius 1 is 0.714 bits per heavy atom. The van der Waals surface area contributed by atoms with Gasteiger partial charge in [-0.2, -0.15) is 17.6 Å². The Balaban J connectivity index is 4.51. The molecule has 86 valence electrons. The van der Waals surface area contributed by atoms with E-state index in [9.17, 15) is 17.6 Å². The number of halogens is 4. The zero-order valence-electron chi connectivity index (χ0n) is 8.67. The molecular formula is C8H16F4N2. The summed E-state index contributed by atoms with van der Waals surface area (Å²) >= 11 is 0. The summed E-state index contributed by atoms with van der Waals surface area (Å²) in [6.07, 6.45) is 0. The van der Waals surface area contributed by atoms with E-state index >= 15 is 0 Å². The van der Waals surface area contributed by atoms with Gasteiger partial charge in [0.2, 0.25) is 0 Å². The van der Waals surface area contributed by atoms with Gasteiger partial charge in [0.15, 0.2) is 0 Å². The molecular weight excluding hydrogens is 200 g/mol. The van der Waals surface area contributed by atoms with E-state index < -0.39 is 24.2 Å². The van der Waals surface area contributed by atoms with E-state index in [0.29, 0.717) is 0 Å². The summed E-state index contributed by atoms with van der Waals surface area (Å²) in [7, 11) is 0. The Hall–Kier alpha value is -0.360. The van der Waals surface area contributed by atoms with Crippen LogP contribution in [-0.4, -0.2) is 24.2 Å². The average molecular weight is 216 g/mol. The minimum atomic E-state index is -4.24. The summed E-state index contributed by atoms with van der Waals surface area (Å²) < 4.78 is 51.6. The maximum atomic E-state index is 12.9. The predicted molar refractivity (Wildman–Crippen MR) is 46.4 cm³/mol. The highest BCUT2D eigenvalue weighted by molar-refractivity contribution is 4.82. The molecule has 0 rings (SSSR count). The molecule has 0 aromatic carbocycles. The van der Waals surface area contributed by atoms with Gasteiger partial charge in [0.25, 0.3) is 0 Å². The molecule has 0 aromatic heterocycles. The second-order valence-corrected chi connectivity index (χ2v) is 3.75. The lowest BCUT2D eigenvalue weighted by molar-refractivity contribution is -0.248. The monoisotopic (exact) mass is 216 g/mol. The Bertz CT molecular complexity index is 160. The van der Waals surface area contributed by atoms with E-state index in [2.05, 4.69) is 0 Å². The SMILES string of the molecule is CC(C)NC(F)(F)C(F)(F)NC(C)C. The predicted octanol–water partition coefficient (Wildman–Crippen LogP) is 2.17. The molecule has 0 saturated heterocycles. The first-order valence-electron chi connectivity index (χ1n) is 4.39. The van der Waals surface area contributed by atoms with Crippen LogP contribution in [0.15, 0.2) is 0 Å². The highest BCUT2D eigenvalue weighted by Gasteiger charge is 2.56. The fourth-order valence-electron chi connectivity index (χ4n) is 0.906. The minimum Gasteiger partial charge on any atom is -0.249 e. The van der Waals surface area contributed by atoms with E-state index in [1.165, 1.54) is 38.3 Å². The van der Waals surface area contributed by atoms with Crippen LogP contribution in [0.1, 0.15) is 27.7 Å². The van der Waals surface area contributed by atoms with Crippen molar-refractivity contribution < 1.29 is 17.6 Å². The molecule has 0 amide bonds. The zero-order valence-corrected chi connectivity index (χ0v) is 8.67. The van der Waals surface area contributed by atoms with Crippen molar-refractivity contribution in [2.75, 3.05) is 0 Å². The molecule has 0 aromatic rings. The van der Waals surface area contributed by atoms with E-state index in [1.807, 2.05) is 0 Å². The van der Waals surface area contributed by atoms with Gasteiger partial charge in [-0.15, -0.1) is 0 Å². The van der Waals surface area contributed by atoms with Crippen LogP contribution >= 0.6 is 0 Å². The Kier molecular flexibility index (Phi) is 4.33. The van der Waals surface area contributed by atoms with Crippen molar-refractivity contribution >= 4 is 0 Å². The molecule has 0 fully saturated rings. The largest absolute Gasteiger partial charge is 0.380 e. The lowest BCUT2D eigenvalue weighted by Crippen LogP contribution is -2.62. The lowest BCUT2D eigenvalue weighted by atomic mass is 10.3. The van der Waals surface area contributed by atoms with Gasteiger partial charge in [-0.3, -0.25) is 0 Å². The molecule has 0 radical (unpaired) electrons. The van der Waals surface area contributed by atoms with E-state index in [0.717, 1.165) is 0 Å². The van der Waals surface area contributed by atoms with Crippen molar-refractivity contribution in [2.45, 2.75) is 51.9 Å². The molecule has 0 aliphatic heterocycles. The maximum absolute atomic E-state index is 12.9. The number of alkyl halides is 4. The topological polar surface area (TPSA) is 24.1 Å². The van der Waals surface area contributed by atoms with E-state index in [4.69, 9.17) is 0 Å². The van der Waals surface area contributed by atoms with Crippen LogP contribution in [0.25, 0.3) is 0 Å². The van der Waals surface area contributed by atoms with E-state index in [1.54, 1.807) is 0 Å². The van der Waals surface area contributed by atoms with Crippen molar-refractivity contribution in [1.29, 1.82) is 0 Å². The molecule has 0 atom stereocenters. The molecule has 0 aliphatic carbocycles. The zero-order chi connectivity index (χ0) is 11.6. The van der Waals surface area contributed by atoms with Crippen LogP contribution in [0, 0.1) is 0 Å². The molecule has 2 nitrogen and oxygen atoms in total. The summed E-state index contributed by atoms with van der Waals surface area (Å²) in [5.41, 5.74) is 0. The van der Waals surface area contributed by atoms with Gasteiger partial charge in [-0.25, -0.2) is 10.6 Å². The van der Waals surface area contributed by atoms with Gasteiger partial charge in [0, 0.05) is 12.1 Å². The highest BCUT2D eigenvalue weighted by Crippen LogP contribution is 2.30. The van der Waals surface area contributed by atoms with Gasteiger partial charge >= 0.3 is 12.1 Å². The second kappa shape index (κ2) is 4.44. The van der Waals surface area contributed by atoms with Crippen LogP contribution in [0.2, 0.25) is 0 Å². The number of hydrogen-bond donors (Lipinski definition) is 2. The van der Waals surface area contributed by atoms with Crippen molar-refractivity contribution in [3.8, 4) is 0 Å².